The number of piperidine rings is 1. The minimum absolute atomic E-state index is 0.227. The first kappa shape index (κ1) is 10.5. The second kappa shape index (κ2) is 4.33. The zero-order chi connectivity index (χ0) is 11.7. The highest BCUT2D eigenvalue weighted by Crippen LogP contribution is 2.24. The average molecular weight is 232 g/mol. The van der Waals surface area contributed by atoms with Gasteiger partial charge in [0.25, 0.3) is 0 Å². The van der Waals surface area contributed by atoms with Crippen LogP contribution in [0.3, 0.4) is 0 Å². The molecule has 3 rings (SSSR count). The quantitative estimate of drug-likeness (QED) is 0.859. The Morgan fingerprint density at radius 3 is 3.12 bits per heavy atom. The van der Waals surface area contributed by atoms with E-state index in [1.807, 2.05) is 29.9 Å². The molecule has 90 valence electrons. The van der Waals surface area contributed by atoms with Crippen LogP contribution in [0, 0.1) is 0 Å². The fourth-order valence-corrected chi connectivity index (χ4v) is 2.24. The highest BCUT2D eigenvalue weighted by molar-refractivity contribution is 5.49. The molecule has 2 aromatic rings. The molecule has 0 spiro atoms. The van der Waals surface area contributed by atoms with Crippen molar-refractivity contribution in [2.75, 3.05) is 6.54 Å². The van der Waals surface area contributed by atoms with Crippen LogP contribution in [0.5, 0.6) is 0 Å². The van der Waals surface area contributed by atoms with Crippen LogP contribution in [0.4, 0.5) is 0 Å². The fourth-order valence-electron chi connectivity index (χ4n) is 2.24. The van der Waals surface area contributed by atoms with Crippen molar-refractivity contribution in [3.63, 3.8) is 0 Å². The minimum Gasteiger partial charge on any atom is -0.348 e. The van der Waals surface area contributed by atoms with E-state index in [0.29, 0.717) is 11.7 Å². The Kier molecular flexibility index (Phi) is 2.68. The molecule has 1 fully saturated rings. The fraction of sp³-hybridized carbons (Fsp3) is 0.500. The summed E-state index contributed by atoms with van der Waals surface area (Å²) < 4.78 is 7.33. The first-order valence-corrected chi connectivity index (χ1v) is 6.03. The van der Waals surface area contributed by atoms with Gasteiger partial charge in [0, 0.05) is 13.2 Å². The second-order valence-corrected chi connectivity index (χ2v) is 4.46. The van der Waals surface area contributed by atoms with E-state index in [0.717, 1.165) is 18.7 Å². The second-order valence-electron chi connectivity index (χ2n) is 4.46. The zero-order valence-corrected chi connectivity index (χ0v) is 9.89. The summed E-state index contributed by atoms with van der Waals surface area (Å²) in [7, 11) is 1.98. The predicted molar refractivity (Wildman–Crippen MR) is 63.3 cm³/mol. The molecule has 1 N–H and O–H groups in total. The van der Waals surface area contributed by atoms with Gasteiger partial charge in [-0.25, -0.2) is 0 Å². The molecule has 0 aromatic carbocycles. The Balaban J connectivity index is 1.85. The van der Waals surface area contributed by atoms with Gasteiger partial charge in [-0.15, -0.1) is 0 Å². The number of aryl methyl sites for hydroxylation is 1. The van der Waals surface area contributed by atoms with Gasteiger partial charge in [0.05, 0.1) is 11.7 Å². The summed E-state index contributed by atoms with van der Waals surface area (Å²) in [6.07, 6.45) is 5.51. The van der Waals surface area contributed by atoms with Gasteiger partial charge in [-0.1, -0.05) is 11.6 Å². The van der Waals surface area contributed by atoms with Crippen molar-refractivity contribution in [2.24, 2.45) is 7.05 Å². The summed E-state index contributed by atoms with van der Waals surface area (Å²) >= 11 is 0. The molecule has 5 heteroatoms. The van der Waals surface area contributed by atoms with Gasteiger partial charge in [0.15, 0.2) is 0 Å². The van der Waals surface area contributed by atoms with Crippen molar-refractivity contribution in [1.82, 2.24) is 20.0 Å². The predicted octanol–water partition coefficient (Wildman–Crippen LogP) is 1.89. The molecule has 1 saturated heterocycles. The number of hydrogen-bond acceptors (Lipinski definition) is 4. The van der Waals surface area contributed by atoms with Crippen molar-refractivity contribution in [1.29, 1.82) is 0 Å². The van der Waals surface area contributed by atoms with Gasteiger partial charge in [-0.3, -0.25) is 0 Å². The third-order valence-electron chi connectivity index (χ3n) is 3.22. The van der Waals surface area contributed by atoms with Crippen LogP contribution in [0.25, 0.3) is 11.5 Å². The molecular formula is C12H16N4O. The molecule has 0 radical (unpaired) electrons. The Labute approximate surface area is 99.8 Å². The summed E-state index contributed by atoms with van der Waals surface area (Å²) in [5, 5.41) is 7.45. The van der Waals surface area contributed by atoms with E-state index in [2.05, 4.69) is 15.5 Å². The lowest BCUT2D eigenvalue weighted by molar-refractivity contribution is 0.297. The third kappa shape index (κ3) is 1.98. The lowest BCUT2D eigenvalue weighted by Gasteiger charge is -2.19. The van der Waals surface area contributed by atoms with Crippen LogP contribution in [0.15, 0.2) is 22.9 Å². The molecular weight excluding hydrogens is 216 g/mol. The van der Waals surface area contributed by atoms with Crippen LogP contribution in [0.2, 0.25) is 0 Å². The maximum atomic E-state index is 5.35. The highest BCUT2D eigenvalue weighted by atomic mass is 16.5. The molecule has 5 nitrogen and oxygen atoms in total. The number of nitrogens with zero attached hydrogens (tertiary/aromatic N) is 3. The minimum atomic E-state index is 0.227. The molecule has 2 aromatic heterocycles. The first-order valence-electron chi connectivity index (χ1n) is 6.03. The van der Waals surface area contributed by atoms with Gasteiger partial charge < -0.3 is 14.4 Å². The maximum Gasteiger partial charge on any atom is 0.244 e. The molecule has 1 aliphatic heterocycles. The Morgan fingerprint density at radius 2 is 2.41 bits per heavy atom. The topological polar surface area (TPSA) is 55.9 Å². The van der Waals surface area contributed by atoms with E-state index < -0.39 is 0 Å². The van der Waals surface area contributed by atoms with Crippen molar-refractivity contribution in [3.8, 4) is 11.5 Å². The van der Waals surface area contributed by atoms with Gasteiger partial charge in [0.2, 0.25) is 11.7 Å². The van der Waals surface area contributed by atoms with Crippen molar-refractivity contribution < 1.29 is 4.52 Å². The monoisotopic (exact) mass is 232 g/mol. The molecule has 1 aliphatic rings. The Morgan fingerprint density at radius 1 is 1.47 bits per heavy atom. The maximum absolute atomic E-state index is 5.35. The van der Waals surface area contributed by atoms with Crippen LogP contribution >= 0.6 is 0 Å². The normalized spacial score (nSPS) is 20.6. The SMILES string of the molecule is Cn1cccc1-c1noc([C@H]2CCCCN2)n1. The van der Waals surface area contributed by atoms with Crippen LogP contribution in [-0.2, 0) is 7.05 Å². The first-order chi connectivity index (χ1) is 8.34. The van der Waals surface area contributed by atoms with Crippen molar-refractivity contribution in [2.45, 2.75) is 25.3 Å². The molecule has 0 amide bonds. The van der Waals surface area contributed by atoms with E-state index in [4.69, 9.17) is 4.52 Å². The van der Waals surface area contributed by atoms with Crippen molar-refractivity contribution >= 4 is 0 Å². The lowest BCUT2D eigenvalue weighted by Crippen LogP contribution is -2.26. The summed E-state index contributed by atoms with van der Waals surface area (Å²) in [5.74, 6) is 1.38. The molecule has 0 aliphatic carbocycles. The van der Waals surface area contributed by atoms with Crippen molar-refractivity contribution in [3.05, 3.63) is 24.2 Å². The number of aromatic nitrogens is 3. The smallest absolute Gasteiger partial charge is 0.244 e. The number of hydrogen-bond donors (Lipinski definition) is 1. The van der Waals surface area contributed by atoms with E-state index in [1.54, 1.807) is 0 Å². The third-order valence-corrected chi connectivity index (χ3v) is 3.22. The van der Waals surface area contributed by atoms with Gasteiger partial charge in [0.1, 0.15) is 0 Å². The van der Waals surface area contributed by atoms with E-state index in [-0.39, 0.29) is 6.04 Å². The Hall–Kier alpha value is -1.62. The summed E-state index contributed by atoms with van der Waals surface area (Å²) in [6.45, 7) is 1.03. The standard InChI is InChI=1S/C12H16N4O/c1-16-8-4-6-10(16)11-14-12(17-15-11)9-5-2-3-7-13-9/h4,6,8-9,13H,2-3,5,7H2,1H3/t9-/m1/s1. The molecule has 17 heavy (non-hydrogen) atoms. The van der Waals surface area contributed by atoms with Crippen LogP contribution in [-0.4, -0.2) is 21.3 Å². The average Bonchev–Trinajstić information content (AvgIpc) is 2.98. The molecule has 3 heterocycles. The van der Waals surface area contributed by atoms with E-state index in [9.17, 15) is 0 Å². The van der Waals surface area contributed by atoms with Crippen LogP contribution < -0.4 is 5.32 Å². The summed E-state index contributed by atoms with van der Waals surface area (Å²) in [5.41, 5.74) is 0.982. The summed E-state index contributed by atoms with van der Waals surface area (Å²) in [6, 6.07) is 4.19. The largest absolute Gasteiger partial charge is 0.348 e. The molecule has 1 atom stereocenters. The summed E-state index contributed by atoms with van der Waals surface area (Å²) in [4.78, 5) is 4.48. The lowest BCUT2D eigenvalue weighted by atomic mass is 10.1. The molecule has 0 saturated carbocycles. The molecule has 0 unspecified atom stereocenters. The van der Waals surface area contributed by atoms with Gasteiger partial charge >= 0.3 is 0 Å². The Bertz CT molecular complexity index is 496. The van der Waals surface area contributed by atoms with E-state index >= 15 is 0 Å². The highest BCUT2D eigenvalue weighted by Gasteiger charge is 2.21. The van der Waals surface area contributed by atoms with E-state index in [1.165, 1.54) is 12.8 Å². The molecule has 0 bridgehead atoms. The van der Waals surface area contributed by atoms with Crippen LogP contribution in [0.1, 0.15) is 31.2 Å². The number of nitrogens with one attached hydrogen (secondary N) is 1. The zero-order valence-electron chi connectivity index (χ0n) is 9.89. The number of rotatable bonds is 2. The van der Waals surface area contributed by atoms with Gasteiger partial charge in [-0.05, 0) is 31.5 Å². The van der Waals surface area contributed by atoms with Gasteiger partial charge in [-0.2, -0.15) is 4.98 Å².